The van der Waals surface area contributed by atoms with E-state index in [-0.39, 0.29) is 11.5 Å². The normalized spacial score (nSPS) is 15.0. The van der Waals surface area contributed by atoms with E-state index in [0.717, 1.165) is 23.5 Å². The van der Waals surface area contributed by atoms with Crippen molar-refractivity contribution in [2.24, 2.45) is 5.41 Å². The molecule has 32 heavy (non-hydrogen) atoms. The SMILES string of the molecule is CCC(C)(Nc1ccc(C)cc1)c1nnnn1C(C=Cc1ccc(Cl)cc1Cl)C(C)(C)C. The lowest BCUT2D eigenvalue weighted by Crippen LogP contribution is -2.37. The topological polar surface area (TPSA) is 55.6 Å². The van der Waals surface area contributed by atoms with Crippen molar-refractivity contribution in [3.8, 4) is 0 Å². The number of hydrogen-bond acceptors (Lipinski definition) is 4. The van der Waals surface area contributed by atoms with Crippen LogP contribution in [0.2, 0.25) is 10.0 Å². The summed E-state index contributed by atoms with van der Waals surface area (Å²) in [6.45, 7) is 12.9. The predicted octanol–water partition coefficient (Wildman–Crippen LogP) is 7.33. The number of aryl methyl sites for hydroxylation is 1. The number of allylic oxidation sites excluding steroid dienone is 1. The number of nitrogens with zero attached hydrogens (tertiary/aromatic N) is 4. The van der Waals surface area contributed by atoms with Gasteiger partial charge in [0.15, 0.2) is 5.82 Å². The average Bonchev–Trinajstić information content (AvgIpc) is 3.20. The molecule has 7 heteroatoms. The van der Waals surface area contributed by atoms with Gasteiger partial charge >= 0.3 is 0 Å². The van der Waals surface area contributed by atoms with Gasteiger partial charge in [-0.3, -0.25) is 0 Å². The highest BCUT2D eigenvalue weighted by molar-refractivity contribution is 6.35. The summed E-state index contributed by atoms with van der Waals surface area (Å²) in [4.78, 5) is 0. The van der Waals surface area contributed by atoms with Gasteiger partial charge in [0.1, 0.15) is 0 Å². The third-order valence-electron chi connectivity index (χ3n) is 5.74. The lowest BCUT2D eigenvalue weighted by atomic mass is 9.85. The molecule has 1 heterocycles. The Labute approximate surface area is 200 Å². The van der Waals surface area contributed by atoms with Gasteiger partial charge in [0.2, 0.25) is 0 Å². The maximum Gasteiger partial charge on any atom is 0.177 e. The van der Waals surface area contributed by atoms with Gasteiger partial charge in [-0.05, 0) is 65.9 Å². The van der Waals surface area contributed by atoms with E-state index in [0.29, 0.717) is 10.0 Å². The number of aromatic nitrogens is 4. The van der Waals surface area contributed by atoms with Gasteiger partial charge in [0, 0.05) is 15.7 Å². The van der Waals surface area contributed by atoms with Gasteiger partial charge in [0.25, 0.3) is 0 Å². The van der Waals surface area contributed by atoms with Crippen LogP contribution in [0, 0.1) is 12.3 Å². The van der Waals surface area contributed by atoms with E-state index in [2.05, 4.69) is 92.7 Å². The monoisotopic (exact) mass is 471 g/mol. The summed E-state index contributed by atoms with van der Waals surface area (Å²) in [5.74, 6) is 0.785. The third-order valence-corrected chi connectivity index (χ3v) is 6.30. The van der Waals surface area contributed by atoms with E-state index < -0.39 is 5.54 Å². The van der Waals surface area contributed by atoms with Crippen LogP contribution in [0.4, 0.5) is 5.69 Å². The molecule has 3 rings (SSSR count). The second-order valence-electron chi connectivity index (χ2n) is 9.46. The Balaban J connectivity index is 2.00. The predicted molar refractivity (Wildman–Crippen MR) is 134 cm³/mol. The minimum atomic E-state index is -0.450. The van der Waals surface area contributed by atoms with Crippen molar-refractivity contribution in [2.75, 3.05) is 5.32 Å². The summed E-state index contributed by atoms with van der Waals surface area (Å²) in [7, 11) is 0. The molecule has 0 saturated carbocycles. The molecular formula is C25H31Cl2N5. The summed E-state index contributed by atoms with van der Waals surface area (Å²) in [6, 6.07) is 13.8. The summed E-state index contributed by atoms with van der Waals surface area (Å²) in [5.41, 5.74) is 2.56. The van der Waals surface area contributed by atoms with E-state index >= 15 is 0 Å². The van der Waals surface area contributed by atoms with Crippen molar-refractivity contribution < 1.29 is 0 Å². The van der Waals surface area contributed by atoms with Crippen molar-refractivity contribution >= 4 is 35.0 Å². The highest BCUT2D eigenvalue weighted by Crippen LogP contribution is 2.36. The quantitative estimate of drug-likeness (QED) is 0.391. The molecule has 5 nitrogen and oxygen atoms in total. The average molecular weight is 472 g/mol. The Kier molecular flexibility index (Phi) is 7.31. The van der Waals surface area contributed by atoms with E-state index in [9.17, 15) is 0 Å². The zero-order valence-corrected chi connectivity index (χ0v) is 21.0. The molecule has 0 bridgehead atoms. The van der Waals surface area contributed by atoms with E-state index in [1.807, 2.05) is 22.9 Å². The number of tetrazole rings is 1. The Morgan fingerprint density at radius 2 is 1.75 bits per heavy atom. The van der Waals surface area contributed by atoms with E-state index in [1.165, 1.54) is 5.56 Å². The molecule has 3 aromatic rings. The first kappa shape index (κ1) is 24.3. The van der Waals surface area contributed by atoms with Gasteiger partial charge in [-0.2, -0.15) is 0 Å². The molecule has 170 valence electrons. The standard InChI is InChI=1S/C25H31Cl2N5/c1-7-25(6,28-20-13-8-17(2)9-14-20)23-29-30-31-32(23)22(24(3,4)5)15-11-18-10-12-19(26)16-21(18)27/h8-16,22,28H,7H2,1-6H3. The number of anilines is 1. The van der Waals surface area contributed by atoms with Crippen molar-refractivity contribution in [1.29, 1.82) is 0 Å². The fourth-order valence-electron chi connectivity index (χ4n) is 3.57. The van der Waals surface area contributed by atoms with Crippen molar-refractivity contribution in [2.45, 2.75) is 59.5 Å². The fraction of sp³-hybridized carbons (Fsp3) is 0.400. The molecule has 0 aliphatic carbocycles. The molecule has 1 N–H and O–H groups in total. The van der Waals surface area contributed by atoms with Crippen LogP contribution in [-0.2, 0) is 5.54 Å². The Hall–Kier alpha value is -2.37. The summed E-state index contributed by atoms with van der Waals surface area (Å²) in [5, 5.41) is 17.8. The molecule has 1 aromatic heterocycles. The van der Waals surface area contributed by atoms with Gasteiger partial charge in [-0.1, -0.05) is 86.8 Å². The molecule has 0 amide bonds. The fourth-order valence-corrected chi connectivity index (χ4v) is 4.04. The second kappa shape index (κ2) is 9.63. The molecule has 2 atom stereocenters. The van der Waals surface area contributed by atoms with Crippen LogP contribution < -0.4 is 5.32 Å². The number of rotatable bonds is 7. The Morgan fingerprint density at radius 3 is 2.34 bits per heavy atom. The van der Waals surface area contributed by atoms with Crippen LogP contribution in [-0.4, -0.2) is 20.2 Å². The maximum atomic E-state index is 6.39. The van der Waals surface area contributed by atoms with Crippen LogP contribution >= 0.6 is 23.2 Å². The lowest BCUT2D eigenvalue weighted by Gasteiger charge is -2.34. The first-order valence-electron chi connectivity index (χ1n) is 10.8. The van der Waals surface area contributed by atoms with E-state index in [1.54, 1.807) is 6.07 Å². The Morgan fingerprint density at radius 1 is 1.06 bits per heavy atom. The van der Waals surface area contributed by atoms with Crippen LogP contribution in [0.25, 0.3) is 6.08 Å². The molecular weight excluding hydrogens is 441 g/mol. The number of benzene rings is 2. The zero-order chi connectivity index (χ0) is 23.5. The number of halogens is 2. The van der Waals surface area contributed by atoms with E-state index in [4.69, 9.17) is 23.2 Å². The minimum absolute atomic E-state index is 0.0927. The summed E-state index contributed by atoms with van der Waals surface area (Å²) >= 11 is 12.4. The van der Waals surface area contributed by atoms with Gasteiger partial charge in [0.05, 0.1) is 11.6 Å². The van der Waals surface area contributed by atoms with Gasteiger partial charge < -0.3 is 5.32 Å². The highest BCUT2D eigenvalue weighted by Gasteiger charge is 2.36. The lowest BCUT2D eigenvalue weighted by molar-refractivity contribution is 0.255. The highest BCUT2D eigenvalue weighted by atomic mass is 35.5. The molecule has 0 fully saturated rings. The molecule has 0 saturated heterocycles. The van der Waals surface area contributed by atoms with Crippen LogP contribution in [0.1, 0.15) is 64.0 Å². The minimum Gasteiger partial charge on any atom is -0.373 e. The Bertz CT molecular complexity index is 1080. The smallest absolute Gasteiger partial charge is 0.177 e. The molecule has 0 radical (unpaired) electrons. The van der Waals surface area contributed by atoms with Gasteiger partial charge in [-0.15, -0.1) is 5.10 Å². The molecule has 0 aliphatic heterocycles. The molecule has 2 unspecified atom stereocenters. The molecule has 0 aliphatic rings. The summed E-state index contributed by atoms with van der Waals surface area (Å²) < 4.78 is 1.92. The van der Waals surface area contributed by atoms with Crippen LogP contribution in [0.5, 0.6) is 0 Å². The first-order valence-corrected chi connectivity index (χ1v) is 11.6. The molecule has 0 spiro atoms. The largest absolute Gasteiger partial charge is 0.373 e. The second-order valence-corrected chi connectivity index (χ2v) is 10.3. The maximum absolute atomic E-state index is 6.39. The van der Waals surface area contributed by atoms with Crippen molar-refractivity contribution in [3.05, 3.63) is 75.5 Å². The first-order chi connectivity index (χ1) is 15.0. The third kappa shape index (κ3) is 5.51. The van der Waals surface area contributed by atoms with Crippen LogP contribution in [0.15, 0.2) is 48.5 Å². The van der Waals surface area contributed by atoms with Gasteiger partial charge in [-0.25, -0.2) is 4.68 Å². The summed E-state index contributed by atoms with van der Waals surface area (Å²) in [6.07, 6.45) is 4.93. The number of hydrogen-bond donors (Lipinski definition) is 1. The molecule has 2 aromatic carbocycles. The van der Waals surface area contributed by atoms with Crippen LogP contribution in [0.3, 0.4) is 0 Å². The zero-order valence-electron chi connectivity index (χ0n) is 19.5. The van der Waals surface area contributed by atoms with Crippen molar-refractivity contribution in [1.82, 2.24) is 20.2 Å². The number of nitrogens with one attached hydrogen (secondary N) is 1. The van der Waals surface area contributed by atoms with Crippen molar-refractivity contribution in [3.63, 3.8) is 0 Å².